The summed E-state index contributed by atoms with van der Waals surface area (Å²) in [6.07, 6.45) is -7.63. The maximum atomic E-state index is 11.4. The fourth-order valence-corrected chi connectivity index (χ4v) is 0.131. The lowest BCUT2D eigenvalue weighted by Gasteiger charge is -2.14. The van der Waals surface area contributed by atoms with Crippen molar-refractivity contribution in [3.05, 3.63) is 5.92 Å². The van der Waals surface area contributed by atoms with Gasteiger partial charge in [0.25, 0.3) is 6.43 Å². The Balaban J connectivity index is 3.88. The van der Waals surface area contributed by atoms with Crippen LogP contribution in [0.2, 0.25) is 0 Å². The largest absolute Gasteiger partial charge is 0.365 e. The molecule has 0 atom stereocenters. The maximum absolute atomic E-state index is 11.4. The molecule has 0 aliphatic rings. The average molecular weight is 145 g/mol. The van der Waals surface area contributed by atoms with Crippen molar-refractivity contribution in [3.63, 3.8) is 0 Å². The Kier molecular flexibility index (Phi) is 2.42. The van der Waals surface area contributed by atoms with E-state index in [0.29, 0.717) is 6.92 Å². The van der Waals surface area contributed by atoms with Crippen molar-refractivity contribution in [2.24, 2.45) is 0 Å². The maximum Gasteiger partial charge on any atom is 0.365 e. The highest BCUT2D eigenvalue weighted by molar-refractivity contribution is 4.94. The van der Waals surface area contributed by atoms with Crippen LogP contribution in [0.25, 0.3) is 0 Å². The van der Waals surface area contributed by atoms with Gasteiger partial charge in [0.2, 0.25) is 0 Å². The SMILES string of the molecule is C[C](C(F)F)C(O)(F)F. The summed E-state index contributed by atoms with van der Waals surface area (Å²) in [6, 6.07) is 0. The Morgan fingerprint density at radius 2 is 1.78 bits per heavy atom. The van der Waals surface area contributed by atoms with Gasteiger partial charge in [0.05, 0.1) is 0 Å². The standard InChI is InChI=1S/C4H5F4O/c1-2(3(5)6)4(7,8)9/h3,9H,1H3. The number of rotatable bonds is 2. The molecule has 0 spiro atoms. The third-order valence-electron chi connectivity index (χ3n) is 0.802. The minimum atomic E-state index is -4.35. The van der Waals surface area contributed by atoms with Crippen LogP contribution >= 0.6 is 0 Å². The van der Waals surface area contributed by atoms with Crippen LogP contribution in [0.1, 0.15) is 6.92 Å². The summed E-state index contributed by atoms with van der Waals surface area (Å²) in [4.78, 5) is 0. The lowest BCUT2D eigenvalue weighted by molar-refractivity contribution is -0.198. The Morgan fingerprint density at radius 1 is 1.44 bits per heavy atom. The molecule has 55 valence electrons. The van der Waals surface area contributed by atoms with Gasteiger partial charge >= 0.3 is 6.11 Å². The van der Waals surface area contributed by atoms with Crippen molar-refractivity contribution in [3.8, 4) is 0 Å². The van der Waals surface area contributed by atoms with Crippen LogP contribution in [-0.2, 0) is 0 Å². The van der Waals surface area contributed by atoms with Gasteiger partial charge in [-0.2, -0.15) is 8.78 Å². The zero-order valence-electron chi connectivity index (χ0n) is 4.54. The second-order valence-corrected chi connectivity index (χ2v) is 1.52. The van der Waals surface area contributed by atoms with Gasteiger partial charge < -0.3 is 5.11 Å². The molecule has 0 saturated carbocycles. The summed E-state index contributed by atoms with van der Waals surface area (Å²) in [6.45, 7) is 0.491. The van der Waals surface area contributed by atoms with Crippen LogP contribution in [0, 0.1) is 5.92 Å². The van der Waals surface area contributed by atoms with Crippen molar-refractivity contribution in [2.45, 2.75) is 19.5 Å². The third-order valence-corrected chi connectivity index (χ3v) is 0.802. The molecular weight excluding hydrogens is 140 g/mol. The summed E-state index contributed by atoms with van der Waals surface area (Å²) < 4.78 is 45.3. The van der Waals surface area contributed by atoms with E-state index < -0.39 is 18.5 Å². The molecule has 1 radical (unpaired) electrons. The van der Waals surface area contributed by atoms with Gasteiger partial charge in [-0.1, -0.05) is 0 Å². The van der Waals surface area contributed by atoms with E-state index >= 15 is 0 Å². The fourth-order valence-electron chi connectivity index (χ4n) is 0.131. The molecule has 0 fully saturated rings. The summed E-state index contributed by atoms with van der Waals surface area (Å²) in [5.41, 5.74) is 0. The van der Waals surface area contributed by atoms with E-state index in [1.54, 1.807) is 0 Å². The molecule has 1 nitrogen and oxygen atoms in total. The van der Waals surface area contributed by atoms with Crippen LogP contribution in [0.4, 0.5) is 17.6 Å². The molecule has 0 heterocycles. The molecule has 0 bridgehead atoms. The minimum Gasteiger partial charge on any atom is -0.336 e. The smallest absolute Gasteiger partial charge is 0.336 e. The topological polar surface area (TPSA) is 20.2 Å². The Bertz CT molecular complexity index is 87.1. The van der Waals surface area contributed by atoms with Crippen LogP contribution in [0.3, 0.4) is 0 Å². The second-order valence-electron chi connectivity index (χ2n) is 1.52. The highest BCUT2D eigenvalue weighted by Gasteiger charge is 2.40. The average Bonchev–Trinajstić information content (AvgIpc) is 1.62. The van der Waals surface area contributed by atoms with E-state index in [9.17, 15) is 17.6 Å². The number of hydrogen-bond acceptors (Lipinski definition) is 1. The van der Waals surface area contributed by atoms with E-state index in [1.807, 2.05) is 0 Å². The normalized spacial score (nSPS) is 13.3. The van der Waals surface area contributed by atoms with Gasteiger partial charge in [-0.15, -0.1) is 0 Å². The lowest BCUT2D eigenvalue weighted by Crippen LogP contribution is -2.28. The molecule has 0 aliphatic heterocycles. The second kappa shape index (κ2) is 2.51. The van der Waals surface area contributed by atoms with Crippen LogP contribution in [-0.4, -0.2) is 17.6 Å². The summed E-state index contributed by atoms with van der Waals surface area (Å²) >= 11 is 0. The molecule has 0 aromatic rings. The number of hydrogen-bond donors (Lipinski definition) is 1. The van der Waals surface area contributed by atoms with E-state index in [4.69, 9.17) is 5.11 Å². The van der Waals surface area contributed by atoms with Crippen LogP contribution in [0.5, 0.6) is 0 Å². The number of alkyl halides is 4. The Hall–Kier alpha value is -0.320. The minimum absolute atomic E-state index is 0.491. The molecule has 0 aromatic heterocycles. The van der Waals surface area contributed by atoms with E-state index in [1.165, 1.54) is 0 Å². The van der Waals surface area contributed by atoms with Gasteiger partial charge in [0.1, 0.15) is 5.92 Å². The van der Waals surface area contributed by atoms with Crippen molar-refractivity contribution in [1.82, 2.24) is 0 Å². The molecule has 0 aromatic carbocycles. The molecule has 0 aliphatic carbocycles. The zero-order valence-corrected chi connectivity index (χ0v) is 4.54. The van der Waals surface area contributed by atoms with Crippen molar-refractivity contribution < 1.29 is 22.7 Å². The van der Waals surface area contributed by atoms with Gasteiger partial charge in [0, 0.05) is 0 Å². The van der Waals surface area contributed by atoms with Crippen LogP contribution in [0.15, 0.2) is 0 Å². The van der Waals surface area contributed by atoms with Crippen molar-refractivity contribution in [2.75, 3.05) is 0 Å². The first-order chi connectivity index (χ1) is 3.85. The first kappa shape index (κ1) is 8.68. The predicted octanol–water partition coefficient (Wildman–Crippen LogP) is 1.43. The molecule has 0 saturated heterocycles. The zero-order chi connectivity index (χ0) is 7.65. The molecule has 5 heteroatoms. The van der Waals surface area contributed by atoms with E-state index in [0.717, 1.165) is 0 Å². The molecule has 9 heavy (non-hydrogen) atoms. The predicted molar refractivity (Wildman–Crippen MR) is 22.1 cm³/mol. The molecule has 0 rings (SSSR count). The summed E-state index contributed by atoms with van der Waals surface area (Å²) in [5.74, 6) is -1.53. The molecule has 0 unspecified atom stereocenters. The number of aliphatic hydroxyl groups is 1. The summed E-state index contributed by atoms with van der Waals surface area (Å²) in [7, 11) is 0. The molecule has 1 N–H and O–H groups in total. The van der Waals surface area contributed by atoms with E-state index in [-0.39, 0.29) is 0 Å². The highest BCUT2D eigenvalue weighted by atomic mass is 19.3. The van der Waals surface area contributed by atoms with Crippen molar-refractivity contribution in [1.29, 1.82) is 0 Å². The third kappa shape index (κ3) is 2.64. The molecular formula is C4H5F4O. The lowest BCUT2D eigenvalue weighted by atomic mass is 10.2. The monoisotopic (exact) mass is 145 g/mol. The summed E-state index contributed by atoms with van der Waals surface area (Å²) in [5, 5.41) is 7.61. The van der Waals surface area contributed by atoms with Gasteiger partial charge in [-0.25, -0.2) is 8.78 Å². The Morgan fingerprint density at radius 3 is 1.78 bits per heavy atom. The number of halogens is 4. The Labute approximate surface area is 49.3 Å². The fraction of sp³-hybridized carbons (Fsp3) is 0.750. The van der Waals surface area contributed by atoms with Gasteiger partial charge in [-0.05, 0) is 6.92 Å². The first-order valence-corrected chi connectivity index (χ1v) is 2.08. The first-order valence-electron chi connectivity index (χ1n) is 2.08. The van der Waals surface area contributed by atoms with Crippen LogP contribution < -0.4 is 0 Å². The van der Waals surface area contributed by atoms with Gasteiger partial charge in [-0.3, -0.25) is 0 Å². The quantitative estimate of drug-likeness (QED) is 0.582. The van der Waals surface area contributed by atoms with E-state index in [2.05, 4.69) is 0 Å². The molecule has 0 amide bonds. The highest BCUT2D eigenvalue weighted by Crippen LogP contribution is 2.27. The van der Waals surface area contributed by atoms with Gasteiger partial charge in [0.15, 0.2) is 0 Å². The van der Waals surface area contributed by atoms with Crippen molar-refractivity contribution >= 4 is 0 Å².